The maximum Gasteiger partial charge on any atom is 0.285 e. The van der Waals surface area contributed by atoms with Gasteiger partial charge >= 0.3 is 0 Å². The fourth-order valence-corrected chi connectivity index (χ4v) is 4.49. The summed E-state index contributed by atoms with van der Waals surface area (Å²) in [5.41, 5.74) is 7.68. The Labute approximate surface area is 171 Å². The summed E-state index contributed by atoms with van der Waals surface area (Å²) in [6.07, 6.45) is 3.12. The van der Waals surface area contributed by atoms with Crippen LogP contribution in [0.3, 0.4) is 0 Å². The van der Waals surface area contributed by atoms with Gasteiger partial charge in [-0.15, -0.1) is 0 Å². The smallest absolute Gasteiger partial charge is 0.285 e. The number of fused-ring (bicyclic) bond motifs is 1. The van der Waals surface area contributed by atoms with Crippen LogP contribution >= 0.6 is 0 Å². The maximum atomic E-state index is 13.5. The predicted molar refractivity (Wildman–Crippen MR) is 107 cm³/mol. The monoisotopic (exact) mass is 425 g/mol. The number of halogens is 1. The topological polar surface area (TPSA) is 116 Å². The minimum Gasteiger partial charge on any atom is -0.449 e. The number of carbonyl (C=O) groups is 1. The molecule has 4 aromatic rings. The number of hydrogen-bond donors (Lipinski definition) is 1. The fourth-order valence-electron chi connectivity index (χ4n) is 3.25. The molecule has 152 valence electrons. The Kier molecular flexibility index (Phi) is 4.62. The van der Waals surface area contributed by atoms with Gasteiger partial charge in [-0.2, -0.15) is 0 Å². The molecule has 1 amide bonds. The van der Waals surface area contributed by atoms with E-state index >= 15 is 0 Å². The second-order valence-electron chi connectivity index (χ2n) is 6.74. The average Bonchev–Trinajstić information content (AvgIpc) is 3.11. The number of nitrogens with zero attached hydrogens (tertiary/aromatic N) is 2. The van der Waals surface area contributed by atoms with Crippen LogP contribution in [0.1, 0.15) is 21.8 Å². The minimum atomic E-state index is -3.94. The Bertz CT molecular complexity index is 1410. The summed E-state index contributed by atoms with van der Waals surface area (Å²) >= 11 is 0. The zero-order valence-corrected chi connectivity index (χ0v) is 16.8. The van der Waals surface area contributed by atoms with Crippen LogP contribution in [-0.4, -0.2) is 24.3 Å². The Morgan fingerprint density at radius 3 is 2.40 bits per heavy atom. The van der Waals surface area contributed by atoms with Crippen molar-refractivity contribution in [3.8, 4) is 11.1 Å². The van der Waals surface area contributed by atoms with Gasteiger partial charge in [0.25, 0.3) is 5.91 Å². The van der Waals surface area contributed by atoms with Gasteiger partial charge in [-0.25, -0.2) is 17.8 Å². The number of furan rings is 1. The molecule has 0 bridgehead atoms. The lowest BCUT2D eigenvalue weighted by atomic mass is 10.00. The van der Waals surface area contributed by atoms with E-state index in [0.29, 0.717) is 22.1 Å². The van der Waals surface area contributed by atoms with E-state index in [2.05, 4.69) is 9.97 Å². The molecule has 3 aromatic heterocycles. The molecule has 0 aliphatic heterocycles. The summed E-state index contributed by atoms with van der Waals surface area (Å²) in [6.45, 7) is 3.21. The van der Waals surface area contributed by atoms with Crippen molar-refractivity contribution in [2.24, 2.45) is 5.73 Å². The molecule has 0 unspecified atom stereocenters. The average molecular weight is 425 g/mol. The van der Waals surface area contributed by atoms with Crippen LogP contribution in [0, 0.1) is 19.7 Å². The van der Waals surface area contributed by atoms with Crippen molar-refractivity contribution >= 4 is 26.7 Å². The molecule has 0 radical (unpaired) electrons. The first-order valence-corrected chi connectivity index (χ1v) is 10.3. The minimum absolute atomic E-state index is 0.00672. The van der Waals surface area contributed by atoms with Gasteiger partial charge in [0.15, 0.2) is 16.4 Å². The molecule has 2 N–H and O–H groups in total. The summed E-state index contributed by atoms with van der Waals surface area (Å²) in [6, 6.07) is 8.09. The van der Waals surface area contributed by atoms with Crippen molar-refractivity contribution in [3.05, 3.63) is 71.6 Å². The molecular formula is C21H16FN3O4S. The fraction of sp³-hybridized carbons (Fsp3) is 0.0952. The van der Waals surface area contributed by atoms with Crippen LogP contribution < -0.4 is 5.73 Å². The van der Waals surface area contributed by atoms with E-state index in [0.717, 1.165) is 17.7 Å². The zero-order valence-electron chi connectivity index (χ0n) is 16.0. The number of carbonyl (C=O) groups excluding carboxylic acids is 1. The van der Waals surface area contributed by atoms with E-state index in [1.807, 2.05) is 6.92 Å². The zero-order chi connectivity index (χ0) is 21.6. The van der Waals surface area contributed by atoms with Crippen LogP contribution in [0.15, 0.2) is 63.1 Å². The number of aromatic nitrogens is 2. The molecule has 9 heteroatoms. The summed E-state index contributed by atoms with van der Waals surface area (Å²) in [5.74, 6) is -1.37. The van der Waals surface area contributed by atoms with E-state index < -0.39 is 21.6 Å². The van der Waals surface area contributed by atoms with Crippen LogP contribution in [0.5, 0.6) is 0 Å². The van der Waals surface area contributed by atoms with Gasteiger partial charge in [0.1, 0.15) is 5.82 Å². The van der Waals surface area contributed by atoms with Crippen molar-refractivity contribution in [1.82, 2.24) is 9.97 Å². The molecule has 30 heavy (non-hydrogen) atoms. The number of nitrogens with two attached hydrogens (primary N) is 1. The summed E-state index contributed by atoms with van der Waals surface area (Å²) < 4.78 is 44.7. The van der Waals surface area contributed by atoms with Gasteiger partial charge in [-0.3, -0.25) is 9.78 Å². The standard InChI is InChI=1S/C21H16FN3O4S/c1-11-9-24-10-16-18(11)19(20(29-16)21(23)26)13-3-5-14(6-4-13)30(27,28)17-8-7-15(22)12(2)25-17/h3-10H,1-2H3,(H2,23,26). The number of benzene rings is 1. The molecule has 7 nitrogen and oxygen atoms in total. The first-order valence-electron chi connectivity index (χ1n) is 8.85. The Balaban J connectivity index is 1.84. The van der Waals surface area contributed by atoms with E-state index in [4.69, 9.17) is 10.2 Å². The number of amides is 1. The van der Waals surface area contributed by atoms with Gasteiger partial charge in [-0.1, -0.05) is 12.1 Å². The number of aryl methyl sites for hydroxylation is 2. The van der Waals surface area contributed by atoms with Crippen molar-refractivity contribution in [1.29, 1.82) is 0 Å². The number of hydrogen-bond acceptors (Lipinski definition) is 6. The normalized spacial score (nSPS) is 11.7. The quantitative estimate of drug-likeness (QED) is 0.534. The van der Waals surface area contributed by atoms with Crippen molar-refractivity contribution in [2.75, 3.05) is 0 Å². The van der Waals surface area contributed by atoms with Gasteiger partial charge < -0.3 is 10.2 Å². The van der Waals surface area contributed by atoms with Gasteiger partial charge in [0.05, 0.1) is 16.8 Å². The second kappa shape index (κ2) is 7.03. The molecule has 3 heterocycles. The molecule has 1 aromatic carbocycles. The van der Waals surface area contributed by atoms with E-state index in [1.54, 1.807) is 18.3 Å². The molecule has 0 saturated heterocycles. The van der Waals surface area contributed by atoms with Gasteiger partial charge in [0.2, 0.25) is 9.84 Å². The van der Waals surface area contributed by atoms with Crippen molar-refractivity contribution in [2.45, 2.75) is 23.8 Å². The van der Waals surface area contributed by atoms with Crippen LogP contribution in [0.25, 0.3) is 22.1 Å². The van der Waals surface area contributed by atoms with E-state index in [9.17, 15) is 17.6 Å². The largest absolute Gasteiger partial charge is 0.449 e. The molecular weight excluding hydrogens is 409 g/mol. The third-order valence-electron chi connectivity index (χ3n) is 4.74. The third-order valence-corrected chi connectivity index (χ3v) is 6.41. The van der Waals surface area contributed by atoms with E-state index in [1.165, 1.54) is 25.3 Å². The van der Waals surface area contributed by atoms with Gasteiger partial charge in [0, 0.05) is 17.1 Å². The first kappa shape index (κ1) is 19.7. The molecule has 4 rings (SSSR count). The van der Waals surface area contributed by atoms with Gasteiger partial charge in [-0.05, 0) is 49.2 Å². The highest BCUT2D eigenvalue weighted by Crippen LogP contribution is 2.37. The Morgan fingerprint density at radius 2 is 1.77 bits per heavy atom. The highest BCUT2D eigenvalue weighted by atomic mass is 32.2. The predicted octanol–water partition coefficient (Wildman–Crippen LogP) is 3.58. The first-order chi connectivity index (χ1) is 14.2. The highest BCUT2D eigenvalue weighted by Gasteiger charge is 2.24. The molecule has 0 aliphatic rings. The molecule has 0 spiro atoms. The number of rotatable bonds is 4. The van der Waals surface area contributed by atoms with E-state index in [-0.39, 0.29) is 21.4 Å². The lowest BCUT2D eigenvalue weighted by molar-refractivity contribution is 0.0977. The Hall–Kier alpha value is -3.59. The summed E-state index contributed by atoms with van der Waals surface area (Å²) in [5, 5.41) is 0.424. The molecule has 0 atom stereocenters. The second-order valence-corrected chi connectivity index (χ2v) is 8.64. The lowest BCUT2D eigenvalue weighted by Gasteiger charge is -2.07. The van der Waals surface area contributed by atoms with Crippen molar-refractivity contribution in [3.63, 3.8) is 0 Å². The molecule has 0 fully saturated rings. The van der Waals surface area contributed by atoms with Crippen LogP contribution in [0.4, 0.5) is 4.39 Å². The third kappa shape index (κ3) is 3.13. The number of pyridine rings is 2. The number of primary amides is 1. The molecule has 0 aliphatic carbocycles. The SMILES string of the molecule is Cc1nc(S(=O)(=O)c2ccc(-c3c(C(N)=O)oc4cncc(C)c34)cc2)ccc1F. The summed E-state index contributed by atoms with van der Waals surface area (Å²) in [7, 11) is -3.94. The maximum absolute atomic E-state index is 13.5. The van der Waals surface area contributed by atoms with Crippen molar-refractivity contribution < 1.29 is 22.0 Å². The highest BCUT2D eigenvalue weighted by molar-refractivity contribution is 7.91. The van der Waals surface area contributed by atoms with Crippen LogP contribution in [0.2, 0.25) is 0 Å². The Morgan fingerprint density at radius 1 is 1.07 bits per heavy atom. The lowest BCUT2D eigenvalue weighted by Crippen LogP contribution is -2.11. The summed E-state index contributed by atoms with van der Waals surface area (Å²) in [4.78, 5) is 19.8. The number of sulfone groups is 1. The van der Waals surface area contributed by atoms with Crippen LogP contribution in [-0.2, 0) is 9.84 Å². The molecule has 0 saturated carbocycles.